The first-order valence-corrected chi connectivity index (χ1v) is 9.44. The van der Waals surface area contributed by atoms with Gasteiger partial charge in [0.05, 0.1) is 5.02 Å². The number of pyridine rings is 1. The summed E-state index contributed by atoms with van der Waals surface area (Å²) in [5.41, 5.74) is 10.2. The number of ketones is 1. The van der Waals surface area contributed by atoms with E-state index in [1.54, 1.807) is 24.4 Å². The van der Waals surface area contributed by atoms with Crippen LogP contribution in [0.4, 0.5) is 10.2 Å². The van der Waals surface area contributed by atoms with Gasteiger partial charge in [-0.2, -0.15) is 0 Å². The van der Waals surface area contributed by atoms with Gasteiger partial charge in [0, 0.05) is 33.0 Å². The summed E-state index contributed by atoms with van der Waals surface area (Å²) < 4.78 is 14.5. The van der Waals surface area contributed by atoms with Gasteiger partial charge in [0.1, 0.15) is 11.6 Å². The number of carbonyl (C=O) groups is 1. The Bertz CT molecular complexity index is 1200. The Hall–Kier alpha value is -2.76. The van der Waals surface area contributed by atoms with Gasteiger partial charge in [0.15, 0.2) is 5.78 Å². The lowest BCUT2D eigenvalue weighted by Gasteiger charge is -2.08. The molecule has 2 aromatic heterocycles. The number of aromatic nitrogens is 1. The normalized spacial score (nSPS) is 11.1. The molecule has 0 saturated carbocycles. The molecule has 0 aliphatic carbocycles. The molecule has 0 bridgehead atoms. The third kappa shape index (κ3) is 3.09. The SMILES string of the molecule is CC(=O)c1cccc(-c2cnc(N)c3c(-c4ccc(F)c(Cl)c4)csc23)c1. The number of fused-ring (bicyclic) bond motifs is 1. The van der Waals surface area contributed by atoms with Crippen molar-refractivity contribution in [3.8, 4) is 22.3 Å². The lowest BCUT2D eigenvalue weighted by molar-refractivity contribution is 0.101. The molecule has 0 spiro atoms. The molecule has 0 amide bonds. The Labute approximate surface area is 164 Å². The van der Waals surface area contributed by atoms with Crippen molar-refractivity contribution in [1.29, 1.82) is 0 Å². The Morgan fingerprint density at radius 2 is 1.93 bits per heavy atom. The number of nitrogens with zero attached hydrogens (tertiary/aromatic N) is 1. The zero-order valence-electron chi connectivity index (χ0n) is 14.3. The molecule has 2 heterocycles. The molecular weight excluding hydrogens is 383 g/mol. The molecule has 3 nitrogen and oxygen atoms in total. The highest BCUT2D eigenvalue weighted by molar-refractivity contribution is 7.18. The van der Waals surface area contributed by atoms with Crippen LogP contribution >= 0.6 is 22.9 Å². The van der Waals surface area contributed by atoms with Crippen molar-refractivity contribution in [2.75, 3.05) is 5.73 Å². The minimum absolute atomic E-state index is 0.00400. The molecule has 0 radical (unpaired) electrons. The Morgan fingerprint density at radius 3 is 2.67 bits per heavy atom. The fourth-order valence-corrected chi connectivity index (χ4v) is 4.36. The van der Waals surface area contributed by atoms with Gasteiger partial charge in [0.25, 0.3) is 0 Å². The van der Waals surface area contributed by atoms with Crippen LogP contribution < -0.4 is 5.73 Å². The first kappa shape index (κ1) is 17.6. The number of thiophene rings is 1. The zero-order valence-corrected chi connectivity index (χ0v) is 15.9. The zero-order chi connectivity index (χ0) is 19.1. The van der Waals surface area contributed by atoms with Gasteiger partial charge in [-0.1, -0.05) is 35.9 Å². The minimum atomic E-state index is -0.465. The third-order valence-corrected chi connectivity index (χ3v) is 5.74. The highest BCUT2D eigenvalue weighted by atomic mass is 35.5. The summed E-state index contributed by atoms with van der Waals surface area (Å²) in [5.74, 6) is -0.0646. The molecule has 6 heteroatoms. The standard InChI is InChI=1S/C21H14ClFN2OS/c1-11(26)12-3-2-4-13(7-12)15-9-25-21(24)19-16(10-27-20(15)19)14-5-6-18(23)17(22)8-14/h2-10H,1H3,(H2,24,25). The van der Waals surface area contributed by atoms with E-state index < -0.39 is 5.82 Å². The van der Waals surface area contributed by atoms with Crippen molar-refractivity contribution in [2.45, 2.75) is 6.92 Å². The first-order valence-electron chi connectivity index (χ1n) is 8.18. The van der Waals surface area contributed by atoms with E-state index in [4.69, 9.17) is 17.3 Å². The van der Waals surface area contributed by atoms with Gasteiger partial charge >= 0.3 is 0 Å². The van der Waals surface area contributed by atoms with Crippen molar-refractivity contribution in [3.63, 3.8) is 0 Å². The van der Waals surface area contributed by atoms with E-state index in [0.717, 1.165) is 32.3 Å². The molecule has 0 saturated heterocycles. The molecule has 27 heavy (non-hydrogen) atoms. The van der Waals surface area contributed by atoms with Crippen LogP contribution in [0.2, 0.25) is 5.02 Å². The molecule has 0 atom stereocenters. The Balaban J connectivity index is 1.94. The average molecular weight is 397 g/mol. The number of rotatable bonds is 3. The van der Waals surface area contributed by atoms with Gasteiger partial charge in [-0.05, 0) is 41.6 Å². The van der Waals surface area contributed by atoms with Crippen LogP contribution in [-0.4, -0.2) is 10.8 Å². The van der Waals surface area contributed by atoms with E-state index >= 15 is 0 Å². The monoisotopic (exact) mass is 396 g/mol. The van der Waals surface area contributed by atoms with Crippen LogP contribution in [0.3, 0.4) is 0 Å². The molecule has 0 aliphatic heterocycles. The Morgan fingerprint density at radius 1 is 1.15 bits per heavy atom. The van der Waals surface area contributed by atoms with E-state index in [0.29, 0.717) is 11.4 Å². The van der Waals surface area contributed by atoms with Gasteiger partial charge < -0.3 is 5.73 Å². The second-order valence-corrected chi connectivity index (χ2v) is 7.46. The summed E-state index contributed by atoms with van der Waals surface area (Å²) in [4.78, 5) is 16.1. The largest absolute Gasteiger partial charge is 0.383 e. The van der Waals surface area contributed by atoms with Crippen LogP contribution in [0, 0.1) is 5.82 Å². The second kappa shape index (κ2) is 6.76. The summed E-state index contributed by atoms with van der Waals surface area (Å²) in [6.45, 7) is 1.54. The highest BCUT2D eigenvalue weighted by Gasteiger charge is 2.16. The van der Waals surface area contributed by atoms with E-state index in [-0.39, 0.29) is 10.8 Å². The van der Waals surface area contributed by atoms with E-state index in [2.05, 4.69) is 4.98 Å². The van der Waals surface area contributed by atoms with Crippen molar-refractivity contribution < 1.29 is 9.18 Å². The lowest BCUT2D eigenvalue weighted by Crippen LogP contribution is -1.94. The number of nitrogen functional groups attached to an aromatic ring is 1. The average Bonchev–Trinajstić information content (AvgIpc) is 3.10. The second-order valence-electron chi connectivity index (χ2n) is 6.18. The molecule has 0 unspecified atom stereocenters. The maximum atomic E-state index is 13.5. The van der Waals surface area contributed by atoms with E-state index in [1.165, 1.54) is 24.3 Å². The maximum absolute atomic E-state index is 13.5. The van der Waals surface area contributed by atoms with Crippen LogP contribution in [0.15, 0.2) is 54.0 Å². The number of nitrogens with two attached hydrogens (primary N) is 1. The molecule has 0 fully saturated rings. The van der Waals surface area contributed by atoms with Gasteiger partial charge in [-0.25, -0.2) is 9.37 Å². The predicted molar refractivity (Wildman–Crippen MR) is 110 cm³/mol. The number of carbonyl (C=O) groups excluding carboxylic acids is 1. The summed E-state index contributed by atoms with van der Waals surface area (Å²) in [7, 11) is 0. The van der Waals surface area contributed by atoms with Crippen molar-refractivity contribution in [3.05, 3.63) is 70.4 Å². The number of hydrogen-bond donors (Lipinski definition) is 1. The minimum Gasteiger partial charge on any atom is -0.383 e. The number of hydrogen-bond acceptors (Lipinski definition) is 4. The number of Topliss-reactive ketones (excluding diaryl/α,β-unsaturated/α-hetero) is 1. The fourth-order valence-electron chi connectivity index (χ4n) is 3.06. The number of anilines is 1. The molecule has 0 aliphatic rings. The molecule has 2 aromatic carbocycles. The summed E-state index contributed by atoms with van der Waals surface area (Å²) in [6, 6.07) is 12.0. The third-order valence-electron chi connectivity index (χ3n) is 4.44. The smallest absolute Gasteiger partial charge is 0.159 e. The quantitative estimate of drug-likeness (QED) is 0.419. The number of benzene rings is 2. The molecule has 2 N–H and O–H groups in total. The van der Waals surface area contributed by atoms with Gasteiger partial charge in [0.2, 0.25) is 0 Å². The van der Waals surface area contributed by atoms with Gasteiger partial charge in [-0.15, -0.1) is 11.3 Å². The molecule has 4 aromatic rings. The van der Waals surface area contributed by atoms with Crippen molar-refractivity contribution in [1.82, 2.24) is 4.98 Å². The van der Waals surface area contributed by atoms with E-state index in [9.17, 15) is 9.18 Å². The fraction of sp³-hybridized carbons (Fsp3) is 0.0476. The van der Waals surface area contributed by atoms with Crippen LogP contribution in [0.5, 0.6) is 0 Å². The summed E-state index contributed by atoms with van der Waals surface area (Å²) >= 11 is 7.47. The van der Waals surface area contributed by atoms with Gasteiger partial charge in [-0.3, -0.25) is 4.79 Å². The van der Waals surface area contributed by atoms with Crippen LogP contribution in [0.1, 0.15) is 17.3 Å². The summed E-state index contributed by atoms with van der Waals surface area (Å²) in [6.07, 6.45) is 1.72. The van der Waals surface area contributed by atoms with Crippen molar-refractivity contribution in [2.24, 2.45) is 0 Å². The van der Waals surface area contributed by atoms with E-state index in [1.807, 2.05) is 23.6 Å². The number of halogens is 2. The maximum Gasteiger partial charge on any atom is 0.159 e. The topological polar surface area (TPSA) is 56.0 Å². The lowest BCUT2D eigenvalue weighted by atomic mass is 9.99. The molecule has 4 rings (SSSR count). The highest BCUT2D eigenvalue weighted by Crippen LogP contribution is 2.42. The molecule has 134 valence electrons. The Kier molecular flexibility index (Phi) is 4.42. The molecular formula is C21H14ClFN2OS. The van der Waals surface area contributed by atoms with Crippen LogP contribution in [0.25, 0.3) is 32.3 Å². The van der Waals surface area contributed by atoms with Crippen molar-refractivity contribution >= 4 is 44.6 Å². The predicted octanol–water partition coefficient (Wildman–Crippen LogP) is 6.21. The first-order chi connectivity index (χ1) is 13.0. The summed E-state index contributed by atoms with van der Waals surface area (Å²) in [5, 5.41) is 2.82. The van der Waals surface area contributed by atoms with Crippen LogP contribution in [-0.2, 0) is 0 Å².